The summed E-state index contributed by atoms with van der Waals surface area (Å²) in [4.78, 5) is 13.0. The summed E-state index contributed by atoms with van der Waals surface area (Å²) in [7, 11) is 5.36. The van der Waals surface area contributed by atoms with Crippen LogP contribution in [0.3, 0.4) is 0 Å². The SMILES string of the molecule is Cc1cccc2n1cc(-c1ccc(OC(=O)N(C)C)cc1)[n+]2C.[Cl-]. The van der Waals surface area contributed by atoms with E-state index < -0.39 is 0 Å². The van der Waals surface area contributed by atoms with Gasteiger partial charge in [0, 0.05) is 25.7 Å². The number of benzene rings is 1. The van der Waals surface area contributed by atoms with Gasteiger partial charge in [0.25, 0.3) is 5.65 Å². The number of hydrogen-bond acceptors (Lipinski definition) is 2. The molecule has 2 heterocycles. The number of carbonyl (C=O) groups is 1. The Morgan fingerprint density at radius 3 is 2.38 bits per heavy atom. The fourth-order valence-electron chi connectivity index (χ4n) is 2.54. The van der Waals surface area contributed by atoms with Gasteiger partial charge in [0.1, 0.15) is 17.6 Å². The van der Waals surface area contributed by atoms with E-state index in [4.69, 9.17) is 4.74 Å². The van der Waals surface area contributed by atoms with Gasteiger partial charge in [-0.3, -0.25) is 0 Å². The second-order valence-corrected chi connectivity index (χ2v) is 5.76. The Morgan fingerprint density at radius 1 is 1.12 bits per heavy atom. The zero-order chi connectivity index (χ0) is 16.6. The summed E-state index contributed by atoms with van der Waals surface area (Å²) in [6.07, 6.45) is 1.74. The maximum absolute atomic E-state index is 11.6. The van der Waals surface area contributed by atoms with Crippen LogP contribution in [-0.4, -0.2) is 29.5 Å². The molecule has 0 N–H and O–H groups in total. The highest BCUT2D eigenvalue weighted by Crippen LogP contribution is 2.21. The van der Waals surface area contributed by atoms with Crippen LogP contribution in [-0.2, 0) is 7.05 Å². The Bertz CT molecular complexity index is 870. The Labute approximate surface area is 147 Å². The van der Waals surface area contributed by atoms with E-state index in [2.05, 4.69) is 40.3 Å². The lowest BCUT2D eigenvalue weighted by molar-refractivity contribution is -0.633. The molecule has 1 aromatic carbocycles. The van der Waals surface area contributed by atoms with Crippen LogP contribution >= 0.6 is 0 Å². The lowest BCUT2D eigenvalue weighted by atomic mass is 10.1. The van der Waals surface area contributed by atoms with E-state index in [0.717, 1.165) is 16.9 Å². The number of carbonyl (C=O) groups excluding carboxylic acids is 1. The molecule has 2 aromatic heterocycles. The van der Waals surface area contributed by atoms with Gasteiger partial charge in [-0.1, -0.05) is 6.07 Å². The maximum Gasteiger partial charge on any atom is 0.414 e. The molecular weight excluding hydrogens is 326 g/mol. The molecule has 0 aliphatic rings. The summed E-state index contributed by atoms with van der Waals surface area (Å²) in [6, 6.07) is 13.8. The topological polar surface area (TPSA) is 37.8 Å². The van der Waals surface area contributed by atoms with E-state index in [1.165, 1.54) is 10.6 Å². The van der Waals surface area contributed by atoms with Crippen LogP contribution in [0.4, 0.5) is 4.79 Å². The minimum Gasteiger partial charge on any atom is -1.00 e. The first kappa shape index (κ1) is 17.8. The number of amides is 1. The fraction of sp³-hybridized carbons (Fsp3) is 0.222. The molecule has 0 bridgehead atoms. The third-order valence-electron chi connectivity index (χ3n) is 3.89. The quantitative estimate of drug-likeness (QED) is 0.604. The number of aromatic nitrogens is 2. The monoisotopic (exact) mass is 345 g/mol. The Morgan fingerprint density at radius 2 is 1.79 bits per heavy atom. The number of ether oxygens (including phenoxy) is 1. The molecule has 5 nitrogen and oxygen atoms in total. The summed E-state index contributed by atoms with van der Waals surface area (Å²) in [5.41, 5.74) is 4.48. The average Bonchev–Trinajstić information content (AvgIpc) is 2.87. The molecule has 0 spiro atoms. The number of hydrogen-bond donors (Lipinski definition) is 0. The summed E-state index contributed by atoms with van der Waals surface area (Å²) in [5, 5.41) is 0. The van der Waals surface area contributed by atoms with Gasteiger partial charge < -0.3 is 22.0 Å². The maximum atomic E-state index is 11.6. The molecular formula is C18H20ClN3O2. The molecule has 0 saturated carbocycles. The summed E-state index contributed by atoms with van der Waals surface area (Å²) in [5.74, 6) is 0.537. The van der Waals surface area contributed by atoms with Crippen molar-refractivity contribution in [2.45, 2.75) is 6.92 Å². The Balaban J connectivity index is 0.00000208. The molecule has 126 valence electrons. The van der Waals surface area contributed by atoms with E-state index in [1.807, 2.05) is 31.3 Å². The number of aryl methyl sites for hydroxylation is 2. The van der Waals surface area contributed by atoms with Gasteiger partial charge in [0.15, 0.2) is 5.69 Å². The van der Waals surface area contributed by atoms with Gasteiger partial charge in [-0.25, -0.2) is 9.36 Å². The summed E-state index contributed by atoms with van der Waals surface area (Å²) in [6.45, 7) is 2.08. The molecule has 0 radical (unpaired) electrons. The molecule has 0 atom stereocenters. The highest BCUT2D eigenvalue weighted by Gasteiger charge is 2.17. The molecule has 0 unspecified atom stereocenters. The van der Waals surface area contributed by atoms with Crippen LogP contribution in [0.5, 0.6) is 5.75 Å². The fourth-order valence-corrected chi connectivity index (χ4v) is 2.54. The summed E-state index contributed by atoms with van der Waals surface area (Å²) >= 11 is 0. The zero-order valence-electron chi connectivity index (χ0n) is 14.2. The lowest BCUT2D eigenvalue weighted by Crippen LogP contribution is -3.00. The predicted octanol–water partition coefficient (Wildman–Crippen LogP) is -0.196. The largest absolute Gasteiger partial charge is 1.00 e. The van der Waals surface area contributed by atoms with Crippen molar-refractivity contribution in [1.82, 2.24) is 9.30 Å². The first-order chi connectivity index (χ1) is 11.0. The molecule has 3 aromatic rings. The van der Waals surface area contributed by atoms with Gasteiger partial charge in [0.2, 0.25) is 0 Å². The van der Waals surface area contributed by atoms with Crippen LogP contribution in [0.15, 0.2) is 48.7 Å². The van der Waals surface area contributed by atoms with E-state index in [-0.39, 0.29) is 18.5 Å². The molecule has 1 amide bonds. The smallest absolute Gasteiger partial charge is 0.414 e. The second kappa shape index (κ2) is 6.93. The van der Waals surface area contributed by atoms with Gasteiger partial charge in [0.05, 0.1) is 7.05 Å². The van der Waals surface area contributed by atoms with E-state index >= 15 is 0 Å². The van der Waals surface area contributed by atoms with Crippen molar-refractivity contribution in [1.29, 1.82) is 0 Å². The molecule has 24 heavy (non-hydrogen) atoms. The van der Waals surface area contributed by atoms with Crippen LogP contribution in [0.25, 0.3) is 16.9 Å². The zero-order valence-corrected chi connectivity index (χ0v) is 14.9. The van der Waals surface area contributed by atoms with Crippen molar-refractivity contribution >= 4 is 11.7 Å². The van der Waals surface area contributed by atoms with Crippen molar-refractivity contribution in [3.05, 3.63) is 54.4 Å². The van der Waals surface area contributed by atoms with Crippen molar-refractivity contribution < 1.29 is 26.5 Å². The van der Waals surface area contributed by atoms with Crippen molar-refractivity contribution in [2.75, 3.05) is 14.1 Å². The van der Waals surface area contributed by atoms with Gasteiger partial charge in [-0.05, 0) is 37.3 Å². The first-order valence-corrected chi connectivity index (χ1v) is 7.43. The van der Waals surface area contributed by atoms with E-state index in [9.17, 15) is 4.79 Å². The minimum atomic E-state index is -0.381. The predicted molar refractivity (Wildman–Crippen MR) is 88.5 cm³/mol. The van der Waals surface area contributed by atoms with E-state index in [1.54, 1.807) is 14.1 Å². The number of rotatable bonds is 2. The highest BCUT2D eigenvalue weighted by molar-refractivity contribution is 5.70. The molecule has 0 aliphatic heterocycles. The normalized spacial score (nSPS) is 10.3. The highest BCUT2D eigenvalue weighted by atomic mass is 35.5. The van der Waals surface area contributed by atoms with E-state index in [0.29, 0.717) is 5.75 Å². The number of imidazole rings is 1. The van der Waals surface area contributed by atoms with Crippen LogP contribution in [0.2, 0.25) is 0 Å². The molecule has 0 aliphatic carbocycles. The van der Waals surface area contributed by atoms with Gasteiger partial charge in [-0.15, -0.1) is 0 Å². The number of pyridine rings is 1. The van der Waals surface area contributed by atoms with Crippen molar-refractivity contribution in [3.63, 3.8) is 0 Å². The van der Waals surface area contributed by atoms with Crippen molar-refractivity contribution in [2.24, 2.45) is 7.05 Å². The second-order valence-electron chi connectivity index (χ2n) is 5.76. The molecule has 0 fully saturated rings. The van der Waals surface area contributed by atoms with Crippen LogP contribution < -0.4 is 21.7 Å². The summed E-state index contributed by atoms with van der Waals surface area (Å²) < 4.78 is 9.56. The number of halogens is 1. The number of nitrogens with zero attached hydrogens (tertiary/aromatic N) is 3. The Hall–Kier alpha value is -2.53. The standard InChI is InChI=1S/C18H20N3O2.ClH/c1-13-6-5-7-17-20(4)16(12-21(13)17)14-8-10-15(11-9-14)23-18(22)19(2)3;/h5-12H,1-4H3;1H/q+1;/p-1. The molecule has 0 saturated heterocycles. The third kappa shape index (κ3) is 3.21. The molecule has 6 heteroatoms. The third-order valence-corrected chi connectivity index (χ3v) is 3.89. The number of fused-ring (bicyclic) bond motifs is 1. The molecule has 3 rings (SSSR count). The van der Waals surface area contributed by atoms with Crippen molar-refractivity contribution in [3.8, 4) is 17.0 Å². The minimum absolute atomic E-state index is 0. The van der Waals surface area contributed by atoms with Gasteiger partial charge >= 0.3 is 6.09 Å². The lowest BCUT2D eigenvalue weighted by Gasteiger charge is -2.10. The van der Waals surface area contributed by atoms with Crippen LogP contribution in [0.1, 0.15) is 5.69 Å². The van der Waals surface area contributed by atoms with Crippen LogP contribution in [0, 0.1) is 6.92 Å². The Kier molecular flexibility index (Phi) is 5.14. The van der Waals surface area contributed by atoms with Gasteiger partial charge in [-0.2, -0.15) is 4.40 Å². The average molecular weight is 346 g/mol. The first-order valence-electron chi connectivity index (χ1n) is 7.43.